The van der Waals surface area contributed by atoms with Gasteiger partial charge in [-0.25, -0.2) is 0 Å². The van der Waals surface area contributed by atoms with Crippen molar-refractivity contribution >= 4 is 5.69 Å². The molecule has 0 aromatic heterocycles. The Hall–Kier alpha value is -1.02. The molecule has 1 aliphatic heterocycles. The summed E-state index contributed by atoms with van der Waals surface area (Å²) in [6.45, 7) is 2.24. The van der Waals surface area contributed by atoms with Crippen LogP contribution in [-0.2, 0) is 5.41 Å². The summed E-state index contributed by atoms with van der Waals surface area (Å²) in [5, 5.41) is 13.9. The Kier molecular flexibility index (Phi) is 2.05. The Balaban J connectivity index is 2.16. The number of hydrogen-bond acceptors (Lipinski definition) is 2. The zero-order chi connectivity index (χ0) is 11.2. The largest absolute Gasteiger partial charge is 0.371 e. The molecule has 0 amide bonds. The van der Waals surface area contributed by atoms with Crippen molar-refractivity contribution in [2.45, 2.75) is 50.2 Å². The second kappa shape index (κ2) is 3.24. The summed E-state index contributed by atoms with van der Waals surface area (Å²) in [6, 6.07) is 8.46. The van der Waals surface area contributed by atoms with Crippen LogP contribution in [0.4, 0.5) is 5.69 Å². The van der Waals surface area contributed by atoms with Gasteiger partial charge in [-0.1, -0.05) is 25.1 Å². The first-order valence-electron chi connectivity index (χ1n) is 6.28. The van der Waals surface area contributed by atoms with Crippen molar-refractivity contribution in [2.24, 2.45) is 0 Å². The molecule has 1 heterocycles. The quantitative estimate of drug-likeness (QED) is 0.758. The van der Waals surface area contributed by atoms with Gasteiger partial charge < -0.3 is 10.4 Å². The molecule has 1 aromatic rings. The van der Waals surface area contributed by atoms with E-state index >= 15 is 0 Å². The highest BCUT2D eigenvalue weighted by Crippen LogP contribution is 2.52. The monoisotopic (exact) mass is 217 g/mol. The second-order valence-corrected chi connectivity index (χ2v) is 5.37. The molecule has 0 unspecified atom stereocenters. The van der Waals surface area contributed by atoms with Gasteiger partial charge >= 0.3 is 0 Å². The summed E-state index contributed by atoms with van der Waals surface area (Å²) < 4.78 is 0. The molecule has 86 valence electrons. The van der Waals surface area contributed by atoms with E-state index in [9.17, 15) is 5.11 Å². The number of benzene rings is 1. The van der Waals surface area contributed by atoms with Crippen molar-refractivity contribution in [2.75, 3.05) is 5.32 Å². The lowest BCUT2D eigenvalue weighted by Gasteiger charge is -2.51. The van der Waals surface area contributed by atoms with E-state index in [1.165, 1.54) is 12.0 Å². The maximum absolute atomic E-state index is 10.5. The molecule has 1 aliphatic carbocycles. The molecule has 0 saturated heterocycles. The first-order chi connectivity index (χ1) is 7.68. The van der Waals surface area contributed by atoms with Crippen LogP contribution in [0.15, 0.2) is 24.3 Å². The molecule has 1 saturated carbocycles. The zero-order valence-electron chi connectivity index (χ0n) is 9.79. The van der Waals surface area contributed by atoms with E-state index in [1.807, 2.05) is 6.07 Å². The Morgan fingerprint density at radius 1 is 1.31 bits per heavy atom. The summed E-state index contributed by atoms with van der Waals surface area (Å²) in [6.07, 6.45) is 5.20. The maximum Gasteiger partial charge on any atom is 0.136 e. The summed E-state index contributed by atoms with van der Waals surface area (Å²) in [4.78, 5) is 0. The number of anilines is 1. The minimum absolute atomic E-state index is 0.203. The van der Waals surface area contributed by atoms with Gasteiger partial charge in [-0.2, -0.15) is 0 Å². The van der Waals surface area contributed by atoms with Gasteiger partial charge in [-0.05, 0) is 37.3 Å². The molecule has 2 heteroatoms. The Labute approximate surface area is 96.7 Å². The lowest BCUT2D eigenvalue weighted by molar-refractivity contribution is -0.00973. The van der Waals surface area contributed by atoms with Crippen molar-refractivity contribution in [1.29, 1.82) is 0 Å². The number of hydrogen-bond donors (Lipinski definition) is 2. The molecule has 1 fully saturated rings. The van der Waals surface area contributed by atoms with Gasteiger partial charge in [0.2, 0.25) is 0 Å². The predicted molar refractivity (Wildman–Crippen MR) is 65.5 cm³/mol. The number of rotatable bonds is 1. The van der Waals surface area contributed by atoms with Gasteiger partial charge in [0.1, 0.15) is 5.72 Å². The van der Waals surface area contributed by atoms with E-state index < -0.39 is 5.72 Å². The highest BCUT2D eigenvalue weighted by molar-refractivity contribution is 5.59. The number of para-hydroxylation sites is 1. The Morgan fingerprint density at radius 3 is 2.94 bits per heavy atom. The number of aliphatic hydroxyl groups is 1. The van der Waals surface area contributed by atoms with Crippen molar-refractivity contribution in [3.05, 3.63) is 29.8 Å². The lowest BCUT2D eigenvalue weighted by Crippen LogP contribution is -2.52. The third-order valence-corrected chi connectivity index (χ3v) is 4.42. The van der Waals surface area contributed by atoms with Crippen LogP contribution in [0.1, 0.15) is 44.6 Å². The smallest absolute Gasteiger partial charge is 0.136 e. The molecule has 2 aliphatic rings. The van der Waals surface area contributed by atoms with Gasteiger partial charge in [0.25, 0.3) is 0 Å². The molecular formula is C14H19NO. The average molecular weight is 217 g/mol. The van der Waals surface area contributed by atoms with Crippen LogP contribution in [0, 0.1) is 0 Å². The van der Waals surface area contributed by atoms with Crippen LogP contribution in [0.5, 0.6) is 0 Å². The highest BCUT2D eigenvalue weighted by atomic mass is 16.3. The normalized spacial score (nSPS) is 36.4. The molecule has 16 heavy (non-hydrogen) atoms. The Morgan fingerprint density at radius 2 is 2.12 bits per heavy atom. The SMILES string of the molecule is CC[C@@]12CCC[C@@](O)(C1)Nc1ccccc12. The van der Waals surface area contributed by atoms with Gasteiger partial charge in [0.05, 0.1) is 0 Å². The van der Waals surface area contributed by atoms with E-state index in [1.54, 1.807) is 0 Å². The summed E-state index contributed by atoms with van der Waals surface area (Å²) >= 11 is 0. The summed E-state index contributed by atoms with van der Waals surface area (Å²) in [5.41, 5.74) is 2.08. The van der Waals surface area contributed by atoms with Crippen molar-refractivity contribution in [1.82, 2.24) is 0 Å². The van der Waals surface area contributed by atoms with Crippen LogP contribution < -0.4 is 5.32 Å². The molecule has 2 nitrogen and oxygen atoms in total. The minimum Gasteiger partial charge on any atom is -0.371 e. The first kappa shape index (κ1) is 10.2. The van der Waals surface area contributed by atoms with Crippen LogP contribution >= 0.6 is 0 Å². The molecule has 1 aromatic carbocycles. The first-order valence-corrected chi connectivity index (χ1v) is 6.28. The fraction of sp³-hybridized carbons (Fsp3) is 0.571. The van der Waals surface area contributed by atoms with Crippen LogP contribution in [0.2, 0.25) is 0 Å². The molecule has 2 bridgehead atoms. The van der Waals surface area contributed by atoms with Gasteiger partial charge in [-0.15, -0.1) is 0 Å². The highest BCUT2D eigenvalue weighted by Gasteiger charge is 2.48. The van der Waals surface area contributed by atoms with Crippen LogP contribution in [0.3, 0.4) is 0 Å². The molecule has 3 rings (SSSR count). The van der Waals surface area contributed by atoms with Gasteiger partial charge in [-0.3, -0.25) is 0 Å². The third kappa shape index (κ3) is 1.29. The molecule has 2 N–H and O–H groups in total. The molecular weight excluding hydrogens is 198 g/mol. The van der Waals surface area contributed by atoms with E-state index in [0.29, 0.717) is 0 Å². The van der Waals surface area contributed by atoms with Gasteiger partial charge in [0.15, 0.2) is 0 Å². The zero-order valence-corrected chi connectivity index (χ0v) is 9.79. The summed E-state index contributed by atoms with van der Waals surface area (Å²) in [7, 11) is 0. The van der Waals surface area contributed by atoms with Gasteiger partial charge in [0, 0.05) is 17.5 Å². The predicted octanol–water partition coefficient (Wildman–Crippen LogP) is 3.02. The fourth-order valence-corrected chi connectivity index (χ4v) is 3.59. The molecule has 2 atom stereocenters. The van der Waals surface area contributed by atoms with E-state index in [0.717, 1.165) is 31.4 Å². The third-order valence-electron chi connectivity index (χ3n) is 4.42. The van der Waals surface area contributed by atoms with E-state index in [4.69, 9.17) is 0 Å². The maximum atomic E-state index is 10.5. The standard InChI is InChI=1S/C14H19NO/c1-2-13-8-5-9-14(16,10-13)15-12-7-4-3-6-11(12)13/h3-4,6-7,15-16H,2,5,8-10H2,1H3/t13-,14-/m1/s1. The molecule has 0 spiro atoms. The number of nitrogens with one attached hydrogen (secondary N) is 1. The topological polar surface area (TPSA) is 32.3 Å². The van der Waals surface area contributed by atoms with Crippen LogP contribution in [-0.4, -0.2) is 10.8 Å². The van der Waals surface area contributed by atoms with E-state index in [2.05, 4.69) is 30.4 Å². The number of fused-ring (bicyclic) bond motifs is 4. The fourth-order valence-electron chi connectivity index (χ4n) is 3.59. The minimum atomic E-state index is -0.664. The molecule has 0 radical (unpaired) electrons. The second-order valence-electron chi connectivity index (χ2n) is 5.37. The van der Waals surface area contributed by atoms with Crippen molar-refractivity contribution in [3.8, 4) is 0 Å². The average Bonchev–Trinajstić information content (AvgIpc) is 2.28. The van der Waals surface area contributed by atoms with E-state index in [-0.39, 0.29) is 5.41 Å². The van der Waals surface area contributed by atoms with Crippen LogP contribution in [0.25, 0.3) is 0 Å². The Bertz CT molecular complexity index is 417. The van der Waals surface area contributed by atoms with Crippen molar-refractivity contribution in [3.63, 3.8) is 0 Å². The lowest BCUT2D eigenvalue weighted by atomic mass is 9.62. The van der Waals surface area contributed by atoms with Crippen molar-refractivity contribution < 1.29 is 5.11 Å². The summed E-state index contributed by atoms with van der Waals surface area (Å²) in [5.74, 6) is 0.